The molecule has 0 aliphatic heterocycles. The molecule has 19 heavy (non-hydrogen) atoms. The van der Waals surface area contributed by atoms with Crippen molar-refractivity contribution in [2.45, 2.75) is 25.8 Å². The summed E-state index contributed by atoms with van der Waals surface area (Å²) >= 11 is 0. The van der Waals surface area contributed by atoms with Crippen molar-refractivity contribution in [2.24, 2.45) is 0 Å². The first-order chi connectivity index (χ1) is 9.24. The fourth-order valence-electron chi connectivity index (χ4n) is 2.62. The van der Waals surface area contributed by atoms with Crippen molar-refractivity contribution in [1.29, 1.82) is 0 Å². The first-order valence-electron chi connectivity index (χ1n) is 6.61. The van der Waals surface area contributed by atoms with Crippen LogP contribution < -0.4 is 10.6 Å². The molecule has 4 nitrogen and oxygen atoms in total. The number of hydrogen-bond donors (Lipinski definition) is 2. The lowest BCUT2D eigenvalue weighted by Crippen LogP contribution is -2.20. The molecular weight excluding hydrogens is 236 g/mol. The van der Waals surface area contributed by atoms with Crippen LogP contribution in [0.2, 0.25) is 0 Å². The van der Waals surface area contributed by atoms with E-state index in [9.17, 15) is 0 Å². The second-order valence-electron chi connectivity index (χ2n) is 4.99. The average molecular weight is 254 g/mol. The molecular formula is C15H18N4. The van der Waals surface area contributed by atoms with E-state index in [0.29, 0.717) is 12.0 Å². The quantitative estimate of drug-likeness (QED) is 0.883. The lowest BCUT2D eigenvalue weighted by atomic mass is 10.1. The summed E-state index contributed by atoms with van der Waals surface area (Å²) in [6, 6.07) is 11.0. The molecule has 0 spiro atoms. The molecule has 2 aromatic rings. The van der Waals surface area contributed by atoms with Crippen molar-refractivity contribution in [1.82, 2.24) is 9.97 Å². The van der Waals surface area contributed by atoms with Crippen LogP contribution in [0.4, 0.5) is 11.8 Å². The molecule has 0 saturated heterocycles. The van der Waals surface area contributed by atoms with Gasteiger partial charge in [-0.1, -0.05) is 24.3 Å². The number of aryl methyl sites for hydroxylation is 1. The molecule has 0 unspecified atom stereocenters. The molecule has 0 saturated carbocycles. The van der Waals surface area contributed by atoms with Gasteiger partial charge in [-0.2, -0.15) is 4.98 Å². The highest BCUT2D eigenvalue weighted by Crippen LogP contribution is 2.24. The minimum absolute atomic E-state index is 0.427. The van der Waals surface area contributed by atoms with Crippen LogP contribution >= 0.6 is 0 Å². The Bertz CT molecular complexity index is 569. The SMILES string of the molecule is CNc1nc(C)cc(NC2Cc3ccccc3C2)n1. The van der Waals surface area contributed by atoms with Crippen LogP contribution in [0.25, 0.3) is 0 Å². The van der Waals surface area contributed by atoms with E-state index in [1.54, 1.807) is 0 Å². The van der Waals surface area contributed by atoms with E-state index < -0.39 is 0 Å². The molecule has 0 atom stereocenters. The number of aromatic nitrogens is 2. The van der Waals surface area contributed by atoms with E-state index in [-0.39, 0.29) is 0 Å². The molecule has 1 heterocycles. The highest BCUT2D eigenvalue weighted by atomic mass is 15.1. The number of hydrogen-bond acceptors (Lipinski definition) is 4. The smallest absolute Gasteiger partial charge is 0.224 e. The second kappa shape index (κ2) is 4.88. The van der Waals surface area contributed by atoms with Crippen molar-refractivity contribution in [3.63, 3.8) is 0 Å². The van der Waals surface area contributed by atoms with E-state index in [1.165, 1.54) is 11.1 Å². The van der Waals surface area contributed by atoms with Gasteiger partial charge in [-0.05, 0) is 30.9 Å². The molecule has 0 bridgehead atoms. The summed E-state index contributed by atoms with van der Waals surface area (Å²) in [5.41, 5.74) is 3.86. The molecule has 0 fully saturated rings. The maximum absolute atomic E-state index is 4.45. The van der Waals surface area contributed by atoms with Gasteiger partial charge in [0.1, 0.15) is 5.82 Å². The Hall–Kier alpha value is -2.10. The number of fused-ring (bicyclic) bond motifs is 1. The van der Waals surface area contributed by atoms with Gasteiger partial charge in [-0.15, -0.1) is 0 Å². The fourth-order valence-corrected chi connectivity index (χ4v) is 2.62. The van der Waals surface area contributed by atoms with Crippen molar-refractivity contribution < 1.29 is 0 Å². The Kier molecular flexibility index (Phi) is 3.07. The van der Waals surface area contributed by atoms with E-state index in [2.05, 4.69) is 44.9 Å². The van der Waals surface area contributed by atoms with Crippen LogP contribution in [0.15, 0.2) is 30.3 Å². The van der Waals surface area contributed by atoms with Gasteiger partial charge in [0.2, 0.25) is 5.95 Å². The third kappa shape index (κ3) is 2.52. The summed E-state index contributed by atoms with van der Waals surface area (Å²) in [7, 11) is 1.84. The van der Waals surface area contributed by atoms with E-state index >= 15 is 0 Å². The van der Waals surface area contributed by atoms with E-state index in [1.807, 2.05) is 20.0 Å². The Labute approximate surface area is 113 Å². The lowest BCUT2D eigenvalue weighted by Gasteiger charge is -2.13. The number of benzene rings is 1. The summed E-state index contributed by atoms with van der Waals surface area (Å²) in [6.45, 7) is 1.98. The maximum atomic E-state index is 4.45. The summed E-state index contributed by atoms with van der Waals surface area (Å²) in [4.78, 5) is 8.75. The fraction of sp³-hybridized carbons (Fsp3) is 0.333. The van der Waals surface area contributed by atoms with Gasteiger partial charge >= 0.3 is 0 Å². The Morgan fingerprint density at radius 3 is 2.42 bits per heavy atom. The van der Waals surface area contributed by atoms with Gasteiger partial charge in [0.15, 0.2) is 0 Å². The third-order valence-corrected chi connectivity index (χ3v) is 3.48. The first-order valence-corrected chi connectivity index (χ1v) is 6.61. The van der Waals surface area contributed by atoms with Crippen molar-refractivity contribution >= 4 is 11.8 Å². The average Bonchev–Trinajstić information content (AvgIpc) is 2.80. The zero-order valence-electron chi connectivity index (χ0n) is 11.3. The van der Waals surface area contributed by atoms with E-state index in [4.69, 9.17) is 0 Å². The molecule has 4 heteroatoms. The minimum Gasteiger partial charge on any atom is -0.366 e. The molecule has 1 aliphatic carbocycles. The normalized spacial score (nSPS) is 14.2. The van der Waals surface area contributed by atoms with Crippen molar-refractivity contribution in [3.8, 4) is 0 Å². The van der Waals surface area contributed by atoms with Crippen molar-refractivity contribution in [3.05, 3.63) is 47.2 Å². The monoisotopic (exact) mass is 254 g/mol. The first kappa shape index (κ1) is 12.0. The Morgan fingerprint density at radius 2 is 1.79 bits per heavy atom. The predicted molar refractivity (Wildman–Crippen MR) is 77.6 cm³/mol. The summed E-state index contributed by atoms with van der Waals surface area (Å²) in [5.74, 6) is 1.56. The Morgan fingerprint density at radius 1 is 1.11 bits per heavy atom. The second-order valence-corrected chi connectivity index (χ2v) is 4.99. The van der Waals surface area contributed by atoms with Crippen LogP contribution in [-0.4, -0.2) is 23.1 Å². The standard InChI is InChI=1S/C15H18N4/c1-10-7-14(19-15(16-2)17-10)18-13-8-11-5-3-4-6-12(11)9-13/h3-7,13H,8-9H2,1-2H3,(H2,16,17,18,19). The van der Waals surface area contributed by atoms with Crippen LogP contribution in [0.1, 0.15) is 16.8 Å². The molecule has 1 aliphatic rings. The van der Waals surface area contributed by atoms with Gasteiger partial charge in [-0.3, -0.25) is 0 Å². The van der Waals surface area contributed by atoms with Crippen LogP contribution in [-0.2, 0) is 12.8 Å². The number of nitrogens with one attached hydrogen (secondary N) is 2. The molecule has 3 rings (SSSR count). The molecule has 1 aromatic carbocycles. The number of rotatable bonds is 3. The van der Waals surface area contributed by atoms with E-state index in [0.717, 1.165) is 24.4 Å². The molecule has 1 aromatic heterocycles. The van der Waals surface area contributed by atoms with Crippen molar-refractivity contribution in [2.75, 3.05) is 17.7 Å². The van der Waals surface area contributed by atoms with Gasteiger partial charge in [0.25, 0.3) is 0 Å². The summed E-state index contributed by atoms with van der Waals surface area (Å²) in [5, 5.41) is 6.50. The van der Waals surface area contributed by atoms with Crippen LogP contribution in [0.5, 0.6) is 0 Å². The summed E-state index contributed by atoms with van der Waals surface area (Å²) < 4.78 is 0. The van der Waals surface area contributed by atoms with Crippen LogP contribution in [0, 0.1) is 6.92 Å². The number of nitrogens with zero attached hydrogens (tertiary/aromatic N) is 2. The minimum atomic E-state index is 0.427. The highest BCUT2D eigenvalue weighted by molar-refractivity contribution is 5.45. The largest absolute Gasteiger partial charge is 0.366 e. The van der Waals surface area contributed by atoms with Gasteiger partial charge < -0.3 is 10.6 Å². The van der Waals surface area contributed by atoms with Gasteiger partial charge in [0, 0.05) is 24.8 Å². The highest BCUT2D eigenvalue weighted by Gasteiger charge is 2.21. The molecule has 2 N–H and O–H groups in total. The number of anilines is 2. The third-order valence-electron chi connectivity index (χ3n) is 3.48. The Balaban J connectivity index is 1.75. The van der Waals surface area contributed by atoms with Gasteiger partial charge in [0.05, 0.1) is 0 Å². The maximum Gasteiger partial charge on any atom is 0.224 e. The van der Waals surface area contributed by atoms with Crippen LogP contribution in [0.3, 0.4) is 0 Å². The topological polar surface area (TPSA) is 49.8 Å². The summed E-state index contributed by atoms with van der Waals surface area (Å²) in [6.07, 6.45) is 2.13. The zero-order chi connectivity index (χ0) is 13.2. The predicted octanol–water partition coefficient (Wildman–Crippen LogP) is 2.41. The molecule has 0 radical (unpaired) electrons. The lowest BCUT2D eigenvalue weighted by molar-refractivity contribution is 0.767. The zero-order valence-corrected chi connectivity index (χ0v) is 11.3. The molecule has 98 valence electrons. The molecule has 0 amide bonds. The van der Waals surface area contributed by atoms with Gasteiger partial charge in [-0.25, -0.2) is 4.98 Å².